The lowest BCUT2D eigenvalue weighted by molar-refractivity contribution is 0.161. The van der Waals surface area contributed by atoms with Crippen molar-refractivity contribution < 1.29 is 0 Å². The van der Waals surface area contributed by atoms with Gasteiger partial charge in [0.2, 0.25) is 0 Å². The monoisotopic (exact) mass is 216 g/mol. The third kappa shape index (κ3) is 3.84. The maximum absolute atomic E-state index is 4.72. The molecular formula is C13H28S. The third-order valence-electron chi connectivity index (χ3n) is 3.99. The number of thiol groups is 1. The average Bonchev–Trinajstić information content (AvgIpc) is 1.97. The summed E-state index contributed by atoms with van der Waals surface area (Å²) < 4.78 is 0.101. The van der Waals surface area contributed by atoms with E-state index in [4.69, 9.17) is 12.6 Å². The molecule has 0 saturated carbocycles. The third-order valence-corrected chi connectivity index (χ3v) is 4.56. The first-order chi connectivity index (χ1) is 6.09. The molecular weight excluding hydrogens is 188 g/mol. The van der Waals surface area contributed by atoms with Crippen molar-refractivity contribution >= 4 is 12.6 Å². The Balaban J connectivity index is 4.29. The van der Waals surface area contributed by atoms with Gasteiger partial charge in [0.1, 0.15) is 0 Å². The van der Waals surface area contributed by atoms with E-state index in [9.17, 15) is 0 Å². The molecule has 0 aromatic carbocycles. The molecule has 86 valence electrons. The standard InChI is InChI=1S/C13H28S/c1-10(2)8-9-11(3)12(4,5)13(6,7)14/h10-11,14H,8-9H2,1-7H3. The molecule has 0 N–H and O–H groups in total. The van der Waals surface area contributed by atoms with E-state index in [2.05, 4.69) is 48.5 Å². The molecule has 0 bridgehead atoms. The maximum Gasteiger partial charge on any atom is 0.0127 e. The molecule has 0 nitrogen and oxygen atoms in total. The Morgan fingerprint density at radius 2 is 1.36 bits per heavy atom. The maximum atomic E-state index is 4.72. The van der Waals surface area contributed by atoms with Crippen LogP contribution in [0.2, 0.25) is 0 Å². The molecule has 0 aromatic rings. The Hall–Kier alpha value is 0.350. The van der Waals surface area contributed by atoms with Crippen LogP contribution < -0.4 is 0 Å². The Bertz CT molecular complexity index is 163. The molecule has 0 heterocycles. The van der Waals surface area contributed by atoms with Crippen LogP contribution in [0, 0.1) is 17.3 Å². The van der Waals surface area contributed by atoms with Crippen molar-refractivity contribution in [2.24, 2.45) is 17.3 Å². The fourth-order valence-corrected chi connectivity index (χ4v) is 1.77. The molecule has 1 heteroatoms. The number of rotatable bonds is 5. The van der Waals surface area contributed by atoms with Gasteiger partial charge in [-0.05, 0) is 23.7 Å². The lowest BCUT2D eigenvalue weighted by atomic mass is 9.69. The predicted molar refractivity (Wildman–Crippen MR) is 70.1 cm³/mol. The Morgan fingerprint density at radius 3 is 1.64 bits per heavy atom. The molecule has 0 aromatic heterocycles. The van der Waals surface area contributed by atoms with Crippen LogP contribution in [0.1, 0.15) is 61.3 Å². The van der Waals surface area contributed by atoms with Gasteiger partial charge in [0.15, 0.2) is 0 Å². The zero-order valence-electron chi connectivity index (χ0n) is 11.0. The zero-order valence-corrected chi connectivity index (χ0v) is 11.9. The smallest absolute Gasteiger partial charge is 0.0127 e. The minimum Gasteiger partial charge on any atom is -0.173 e. The van der Waals surface area contributed by atoms with Crippen LogP contribution in [-0.2, 0) is 0 Å². The summed E-state index contributed by atoms with van der Waals surface area (Å²) in [5.74, 6) is 1.55. The quantitative estimate of drug-likeness (QED) is 0.627. The highest BCUT2D eigenvalue weighted by Gasteiger charge is 2.38. The fraction of sp³-hybridized carbons (Fsp3) is 1.00. The molecule has 0 saturated heterocycles. The number of hydrogen-bond donors (Lipinski definition) is 1. The lowest BCUT2D eigenvalue weighted by Crippen LogP contribution is -2.39. The first kappa shape index (κ1) is 14.3. The van der Waals surface area contributed by atoms with Crippen LogP contribution in [0.25, 0.3) is 0 Å². The van der Waals surface area contributed by atoms with Crippen LogP contribution in [-0.4, -0.2) is 4.75 Å². The lowest BCUT2D eigenvalue weighted by Gasteiger charge is -2.43. The van der Waals surface area contributed by atoms with Gasteiger partial charge in [0.25, 0.3) is 0 Å². The second-order valence-corrected chi connectivity index (χ2v) is 7.27. The summed E-state index contributed by atoms with van der Waals surface area (Å²) >= 11 is 4.72. The summed E-state index contributed by atoms with van der Waals surface area (Å²) in [7, 11) is 0. The summed E-state index contributed by atoms with van der Waals surface area (Å²) in [5, 5.41) is 0. The summed E-state index contributed by atoms with van der Waals surface area (Å²) in [6.45, 7) is 16.1. The SMILES string of the molecule is CC(C)CCC(C)C(C)(C)C(C)(C)S. The first-order valence-corrected chi connectivity index (χ1v) is 6.26. The highest BCUT2D eigenvalue weighted by Crippen LogP contribution is 2.44. The molecule has 0 radical (unpaired) electrons. The average molecular weight is 216 g/mol. The molecule has 0 amide bonds. The highest BCUT2D eigenvalue weighted by atomic mass is 32.1. The van der Waals surface area contributed by atoms with Crippen LogP contribution in [0.3, 0.4) is 0 Å². The van der Waals surface area contributed by atoms with Gasteiger partial charge in [0.05, 0.1) is 0 Å². The number of hydrogen-bond acceptors (Lipinski definition) is 1. The highest BCUT2D eigenvalue weighted by molar-refractivity contribution is 7.81. The van der Waals surface area contributed by atoms with E-state index in [1.54, 1.807) is 0 Å². The second-order valence-electron chi connectivity index (χ2n) is 6.15. The van der Waals surface area contributed by atoms with E-state index in [0.717, 1.165) is 11.8 Å². The molecule has 0 aliphatic rings. The molecule has 0 fully saturated rings. The van der Waals surface area contributed by atoms with Crippen molar-refractivity contribution in [2.75, 3.05) is 0 Å². The van der Waals surface area contributed by atoms with Crippen molar-refractivity contribution in [1.29, 1.82) is 0 Å². The van der Waals surface area contributed by atoms with Gasteiger partial charge < -0.3 is 0 Å². The van der Waals surface area contributed by atoms with E-state index in [-0.39, 0.29) is 4.75 Å². The van der Waals surface area contributed by atoms with Gasteiger partial charge in [-0.1, -0.05) is 54.9 Å². The van der Waals surface area contributed by atoms with Gasteiger partial charge in [0, 0.05) is 4.75 Å². The second kappa shape index (κ2) is 4.92. The molecule has 1 atom stereocenters. The van der Waals surface area contributed by atoms with Crippen molar-refractivity contribution in [3.8, 4) is 0 Å². The fourth-order valence-electron chi connectivity index (χ4n) is 1.55. The Morgan fingerprint density at radius 1 is 0.929 bits per heavy atom. The first-order valence-electron chi connectivity index (χ1n) is 5.81. The van der Waals surface area contributed by atoms with E-state index >= 15 is 0 Å². The van der Waals surface area contributed by atoms with Gasteiger partial charge >= 0.3 is 0 Å². The Kier molecular flexibility index (Phi) is 5.04. The summed E-state index contributed by atoms with van der Waals surface area (Å²) in [5.41, 5.74) is 0.297. The van der Waals surface area contributed by atoms with Crippen molar-refractivity contribution in [2.45, 2.75) is 66.1 Å². The summed E-state index contributed by atoms with van der Waals surface area (Å²) in [6.07, 6.45) is 2.64. The largest absolute Gasteiger partial charge is 0.173 e. The minimum absolute atomic E-state index is 0.101. The zero-order chi connectivity index (χ0) is 11.6. The molecule has 0 aliphatic carbocycles. The van der Waals surface area contributed by atoms with Gasteiger partial charge in [-0.3, -0.25) is 0 Å². The van der Waals surface area contributed by atoms with E-state index in [1.165, 1.54) is 12.8 Å². The van der Waals surface area contributed by atoms with Crippen LogP contribution in [0.4, 0.5) is 0 Å². The molecule has 1 unspecified atom stereocenters. The minimum atomic E-state index is 0.101. The predicted octanol–water partition coefficient (Wildman–Crippen LogP) is 4.79. The van der Waals surface area contributed by atoms with Crippen LogP contribution in [0.5, 0.6) is 0 Å². The van der Waals surface area contributed by atoms with E-state index in [1.807, 2.05) is 0 Å². The summed E-state index contributed by atoms with van der Waals surface area (Å²) in [4.78, 5) is 0. The van der Waals surface area contributed by atoms with Gasteiger partial charge in [-0.2, -0.15) is 12.6 Å². The van der Waals surface area contributed by atoms with Gasteiger partial charge in [-0.15, -0.1) is 0 Å². The molecule has 0 rings (SSSR count). The molecule has 0 spiro atoms. The summed E-state index contributed by atoms with van der Waals surface area (Å²) in [6, 6.07) is 0. The van der Waals surface area contributed by atoms with Gasteiger partial charge in [-0.25, -0.2) is 0 Å². The molecule has 0 aliphatic heterocycles. The van der Waals surface area contributed by atoms with Crippen molar-refractivity contribution in [3.05, 3.63) is 0 Å². The van der Waals surface area contributed by atoms with Crippen LogP contribution in [0.15, 0.2) is 0 Å². The van der Waals surface area contributed by atoms with Crippen molar-refractivity contribution in [1.82, 2.24) is 0 Å². The topological polar surface area (TPSA) is 0 Å². The van der Waals surface area contributed by atoms with E-state index < -0.39 is 0 Å². The molecule has 14 heavy (non-hydrogen) atoms. The van der Waals surface area contributed by atoms with E-state index in [0.29, 0.717) is 5.41 Å². The Labute approximate surface area is 96.3 Å². The van der Waals surface area contributed by atoms with Crippen molar-refractivity contribution in [3.63, 3.8) is 0 Å². The van der Waals surface area contributed by atoms with Crippen LogP contribution >= 0.6 is 12.6 Å². The normalized spacial score (nSPS) is 16.1.